The van der Waals surface area contributed by atoms with E-state index in [1.54, 1.807) is 23.5 Å². The first-order valence-corrected chi connectivity index (χ1v) is 13.2. The lowest BCUT2D eigenvalue weighted by atomic mass is 9.84. The number of hydrogen-bond acceptors (Lipinski definition) is 7. The molecule has 174 valence electrons. The highest BCUT2D eigenvalue weighted by Crippen LogP contribution is 2.53. The quantitative estimate of drug-likeness (QED) is 0.448. The van der Waals surface area contributed by atoms with E-state index in [2.05, 4.69) is 38.4 Å². The molecule has 33 heavy (non-hydrogen) atoms. The van der Waals surface area contributed by atoms with Crippen LogP contribution >= 0.6 is 23.1 Å². The molecule has 2 aliphatic rings. The molecule has 0 aliphatic heterocycles. The summed E-state index contributed by atoms with van der Waals surface area (Å²) >= 11 is 2.97. The van der Waals surface area contributed by atoms with Gasteiger partial charge >= 0.3 is 6.03 Å². The number of carbonyl (C=O) groups is 2. The number of nitrogens with zero attached hydrogens (tertiary/aromatic N) is 3. The van der Waals surface area contributed by atoms with Gasteiger partial charge in [-0.2, -0.15) is 0 Å². The maximum atomic E-state index is 12.4. The third-order valence-electron chi connectivity index (χ3n) is 6.81. The molecule has 10 heteroatoms. The van der Waals surface area contributed by atoms with Gasteiger partial charge in [-0.25, -0.2) is 4.79 Å². The van der Waals surface area contributed by atoms with E-state index in [-0.39, 0.29) is 24.2 Å². The minimum atomic E-state index is -0.548. The number of fused-ring (bicyclic) bond motifs is 2. The first-order chi connectivity index (χ1) is 16.1. The van der Waals surface area contributed by atoms with E-state index in [0.717, 1.165) is 27.7 Å². The molecule has 8 nitrogen and oxygen atoms in total. The molecule has 3 aromatic heterocycles. The number of urea groups is 1. The Bertz CT molecular complexity index is 1100. The zero-order chi connectivity index (χ0) is 22.8. The predicted octanol–water partition coefficient (Wildman–Crippen LogP) is 4.71. The Kier molecular flexibility index (Phi) is 6.55. The number of rotatable bonds is 8. The van der Waals surface area contributed by atoms with Gasteiger partial charge in [-0.1, -0.05) is 24.2 Å². The van der Waals surface area contributed by atoms with E-state index in [1.165, 1.54) is 43.7 Å². The topological polar surface area (TPSA) is 102 Å². The van der Waals surface area contributed by atoms with E-state index in [4.69, 9.17) is 4.42 Å². The van der Waals surface area contributed by atoms with E-state index >= 15 is 0 Å². The van der Waals surface area contributed by atoms with Crippen LogP contribution in [0.4, 0.5) is 4.79 Å². The summed E-state index contributed by atoms with van der Waals surface area (Å²) in [5.74, 6) is 3.42. The maximum Gasteiger partial charge on any atom is 0.321 e. The summed E-state index contributed by atoms with van der Waals surface area (Å²) in [5.41, 5.74) is 0. The van der Waals surface area contributed by atoms with Gasteiger partial charge in [-0.05, 0) is 67.5 Å². The molecule has 0 radical (unpaired) electrons. The number of amides is 3. The van der Waals surface area contributed by atoms with Crippen molar-refractivity contribution in [2.45, 2.75) is 50.4 Å². The summed E-state index contributed by atoms with van der Waals surface area (Å²) in [5, 5.41) is 16.7. The van der Waals surface area contributed by atoms with E-state index in [0.29, 0.717) is 11.7 Å². The SMILES string of the molecule is CC(C1CC2CCC1C2)n1c(SCC(=O)NC(=O)NCc2ccco2)nnc1-c1cccs1. The largest absolute Gasteiger partial charge is 0.467 e. The lowest BCUT2D eigenvalue weighted by Crippen LogP contribution is -2.39. The van der Waals surface area contributed by atoms with Crippen LogP contribution in [0.5, 0.6) is 0 Å². The van der Waals surface area contributed by atoms with E-state index in [9.17, 15) is 9.59 Å². The number of thiophene rings is 1. The molecule has 2 fully saturated rings. The van der Waals surface area contributed by atoms with Crippen molar-refractivity contribution in [3.05, 3.63) is 41.7 Å². The first-order valence-electron chi connectivity index (χ1n) is 11.3. The van der Waals surface area contributed by atoms with Crippen molar-refractivity contribution in [3.63, 3.8) is 0 Å². The monoisotopic (exact) mass is 485 g/mol. The number of hydrogen-bond donors (Lipinski definition) is 2. The number of nitrogens with one attached hydrogen (secondary N) is 2. The summed E-state index contributed by atoms with van der Waals surface area (Å²) in [6.07, 6.45) is 6.80. The molecule has 0 spiro atoms. The molecule has 5 rings (SSSR count). The molecule has 3 heterocycles. The normalized spacial score (nSPS) is 22.4. The van der Waals surface area contributed by atoms with Gasteiger partial charge in [0.2, 0.25) is 5.91 Å². The smallest absolute Gasteiger partial charge is 0.321 e. The summed E-state index contributed by atoms with van der Waals surface area (Å²) in [6, 6.07) is 7.29. The number of thioether (sulfide) groups is 1. The van der Waals surface area contributed by atoms with Gasteiger partial charge in [0.1, 0.15) is 5.76 Å². The minimum absolute atomic E-state index is 0.0835. The van der Waals surface area contributed by atoms with Gasteiger partial charge in [-0.3, -0.25) is 14.7 Å². The average molecular weight is 486 g/mol. The Morgan fingerprint density at radius 1 is 1.27 bits per heavy atom. The second-order valence-electron chi connectivity index (χ2n) is 8.83. The molecule has 2 aliphatic carbocycles. The van der Waals surface area contributed by atoms with Crippen LogP contribution in [0.1, 0.15) is 44.4 Å². The van der Waals surface area contributed by atoms with Crippen molar-refractivity contribution in [1.29, 1.82) is 0 Å². The molecular weight excluding hydrogens is 458 g/mol. The molecule has 3 aromatic rings. The van der Waals surface area contributed by atoms with Crippen molar-refractivity contribution in [1.82, 2.24) is 25.4 Å². The molecular formula is C23H27N5O3S2. The van der Waals surface area contributed by atoms with Crippen LogP contribution in [-0.2, 0) is 11.3 Å². The molecule has 3 amide bonds. The second kappa shape index (κ2) is 9.72. The van der Waals surface area contributed by atoms with Crippen LogP contribution in [0.15, 0.2) is 45.5 Å². The lowest BCUT2D eigenvalue weighted by molar-refractivity contribution is -0.117. The van der Waals surface area contributed by atoms with Crippen LogP contribution in [-0.4, -0.2) is 32.5 Å². The zero-order valence-electron chi connectivity index (χ0n) is 18.4. The second-order valence-corrected chi connectivity index (χ2v) is 10.7. The molecule has 2 saturated carbocycles. The first kappa shape index (κ1) is 22.2. The summed E-state index contributed by atoms with van der Waals surface area (Å²) in [4.78, 5) is 25.5. The fraction of sp³-hybridized carbons (Fsp3) is 0.478. The summed E-state index contributed by atoms with van der Waals surface area (Å²) in [7, 11) is 0. The molecule has 4 unspecified atom stereocenters. The molecule has 2 bridgehead atoms. The Hall–Kier alpha value is -2.59. The highest BCUT2D eigenvalue weighted by Gasteiger charge is 2.43. The Morgan fingerprint density at radius 3 is 2.88 bits per heavy atom. The Labute approximate surface area is 200 Å². The maximum absolute atomic E-state index is 12.4. The fourth-order valence-corrected chi connectivity index (χ4v) is 6.84. The van der Waals surface area contributed by atoms with Crippen LogP contribution < -0.4 is 10.6 Å². The van der Waals surface area contributed by atoms with Crippen molar-refractivity contribution in [2.75, 3.05) is 5.75 Å². The third-order valence-corrected chi connectivity index (χ3v) is 8.62. The van der Waals surface area contributed by atoms with Crippen molar-refractivity contribution < 1.29 is 14.0 Å². The molecule has 0 saturated heterocycles. The minimum Gasteiger partial charge on any atom is -0.467 e. The van der Waals surface area contributed by atoms with Gasteiger partial charge in [0.05, 0.1) is 23.4 Å². The van der Waals surface area contributed by atoms with E-state index < -0.39 is 6.03 Å². The molecule has 0 aromatic carbocycles. The Morgan fingerprint density at radius 2 is 2.18 bits per heavy atom. The number of carbonyl (C=O) groups excluding carboxylic acids is 2. The van der Waals surface area contributed by atoms with Crippen molar-refractivity contribution in [3.8, 4) is 10.7 Å². The van der Waals surface area contributed by atoms with Crippen LogP contribution in [0.3, 0.4) is 0 Å². The highest BCUT2D eigenvalue weighted by molar-refractivity contribution is 7.99. The fourth-order valence-electron chi connectivity index (χ4n) is 5.31. The lowest BCUT2D eigenvalue weighted by Gasteiger charge is -2.30. The summed E-state index contributed by atoms with van der Waals surface area (Å²) in [6.45, 7) is 2.48. The van der Waals surface area contributed by atoms with Gasteiger partial charge in [0, 0.05) is 6.04 Å². The summed E-state index contributed by atoms with van der Waals surface area (Å²) < 4.78 is 7.39. The number of aromatic nitrogens is 3. The third kappa shape index (κ3) is 4.86. The molecule has 2 N–H and O–H groups in total. The van der Waals surface area contributed by atoms with Crippen molar-refractivity contribution >= 4 is 35.0 Å². The van der Waals surface area contributed by atoms with E-state index in [1.807, 2.05) is 11.4 Å². The zero-order valence-corrected chi connectivity index (χ0v) is 20.0. The Balaban J connectivity index is 1.25. The predicted molar refractivity (Wildman–Crippen MR) is 127 cm³/mol. The van der Waals surface area contributed by atoms with Gasteiger partial charge < -0.3 is 9.73 Å². The number of imide groups is 1. The molecule has 4 atom stereocenters. The number of furan rings is 1. The van der Waals surface area contributed by atoms with Crippen molar-refractivity contribution in [2.24, 2.45) is 17.8 Å². The van der Waals surface area contributed by atoms with Crippen LogP contribution in [0, 0.1) is 17.8 Å². The van der Waals surface area contributed by atoms with Gasteiger partial charge in [-0.15, -0.1) is 21.5 Å². The average Bonchev–Trinajstić information content (AvgIpc) is 3.64. The van der Waals surface area contributed by atoms with Crippen LogP contribution in [0.2, 0.25) is 0 Å². The van der Waals surface area contributed by atoms with Gasteiger partial charge in [0.15, 0.2) is 11.0 Å². The van der Waals surface area contributed by atoms with Gasteiger partial charge in [0.25, 0.3) is 0 Å². The highest BCUT2D eigenvalue weighted by atomic mass is 32.2. The standard InChI is InChI=1S/C23H27N5O3S2/c1-14(18-11-15-6-7-16(18)10-15)28-21(19-5-3-9-32-19)26-27-23(28)33-13-20(29)25-22(30)24-12-17-4-2-8-31-17/h2-5,8-9,14-16,18H,6-7,10-13H2,1H3,(H2,24,25,29,30). The van der Waals surface area contributed by atoms with Crippen LogP contribution in [0.25, 0.3) is 10.7 Å².